The molecule has 36 heavy (non-hydrogen) atoms. The highest BCUT2D eigenvalue weighted by Crippen LogP contribution is 2.48. The van der Waals surface area contributed by atoms with E-state index in [1.54, 1.807) is 48.7 Å². The molecule has 0 N–H and O–H groups in total. The van der Waals surface area contributed by atoms with Crippen LogP contribution in [-0.4, -0.2) is 48.4 Å². The van der Waals surface area contributed by atoms with E-state index in [0.717, 1.165) is 16.7 Å². The van der Waals surface area contributed by atoms with Crippen LogP contribution in [0.3, 0.4) is 0 Å². The van der Waals surface area contributed by atoms with Gasteiger partial charge in [0.1, 0.15) is 34.5 Å². The average molecular weight is 493 g/mol. The molecular formula is C29H32O7. The topological polar surface area (TPSA) is 72.5 Å². The van der Waals surface area contributed by atoms with Gasteiger partial charge in [0.05, 0.1) is 48.2 Å². The zero-order chi connectivity index (χ0) is 25.9. The molecule has 0 aliphatic heterocycles. The van der Waals surface area contributed by atoms with Crippen LogP contribution < -0.4 is 28.4 Å². The highest BCUT2D eigenvalue weighted by molar-refractivity contribution is 6.07. The summed E-state index contributed by atoms with van der Waals surface area (Å²) in [4.78, 5) is 14.3. The predicted molar refractivity (Wildman–Crippen MR) is 137 cm³/mol. The minimum absolute atomic E-state index is 0.0283. The van der Waals surface area contributed by atoms with Crippen LogP contribution in [0.15, 0.2) is 48.5 Å². The van der Waals surface area contributed by atoms with Crippen LogP contribution in [0.5, 0.6) is 34.5 Å². The lowest BCUT2D eigenvalue weighted by molar-refractivity contribution is 0.0814. The van der Waals surface area contributed by atoms with E-state index in [0.29, 0.717) is 59.3 Å². The van der Waals surface area contributed by atoms with Gasteiger partial charge in [0.15, 0.2) is 5.78 Å². The number of methoxy groups -OCH3 is 6. The molecule has 7 nitrogen and oxygen atoms in total. The molecule has 1 aliphatic carbocycles. The predicted octanol–water partition coefficient (Wildman–Crippen LogP) is 4.95. The first kappa shape index (κ1) is 25.2. The van der Waals surface area contributed by atoms with Crippen LogP contribution >= 0.6 is 0 Å². The Bertz CT molecular complexity index is 1160. The van der Waals surface area contributed by atoms with Crippen LogP contribution in [0.4, 0.5) is 0 Å². The van der Waals surface area contributed by atoms with Crippen LogP contribution in [0.25, 0.3) is 0 Å². The van der Waals surface area contributed by atoms with E-state index in [4.69, 9.17) is 28.4 Å². The van der Waals surface area contributed by atoms with Crippen LogP contribution in [0.2, 0.25) is 0 Å². The summed E-state index contributed by atoms with van der Waals surface area (Å²) in [5.74, 6) is 3.88. The second kappa shape index (κ2) is 10.4. The molecule has 0 fully saturated rings. The van der Waals surface area contributed by atoms with E-state index < -0.39 is 5.41 Å². The molecule has 0 unspecified atom stereocenters. The average Bonchev–Trinajstić information content (AvgIpc) is 3.17. The number of carbonyl (C=O) groups excluding carboxylic acids is 1. The summed E-state index contributed by atoms with van der Waals surface area (Å²) >= 11 is 0. The summed E-state index contributed by atoms with van der Waals surface area (Å²) in [7, 11) is 9.64. The minimum Gasteiger partial charge on any atom is -0.497 e. The molecule has 190 valence electrons. The molecule has 0 spiro atoms. The zero-order valence-electron chi connectivity index (χ0n) is 21.6. The molecule has 0 bridgehead atoms. The molecule has 4 rings (SSSR count). The summed E-state index contributed by atoms with van der Waals surface area (Å²) in [5, 5.41) is 0. The Morgan fingerprint density at radius 1 is 0.583 bits per heavy atom. The first-order chi connectivity index (χ1) is 17.4. The summed E-state index contributed by atoms with van der Waals surface area (Å²) in [5.41, 5.74) is 2.60. The third-order valence-electron chi connectivity index (χ3n) is 6.76. The first-order valence-electron chi connectivity index (χ1n) is 11.6. The third-order valence-corrected chi connectivity index (χ3v) is 6.76. The van der Waals surface area contributed by atoms with Crippen molar-refractivity contribution in [2.24, 2.45) is 5.41 Å². The summed E-state index contributed by atoms with van der Waals surface area (Å²) in [6.07, 6.45) is 1.46. The number of hydrogen-bond donors (Lipinski definition) is 0. The lowest BCUT2D eigenvalue weighted by atomic mass is 9.73. The summed E-state index contributed by atoms with van der Waals surface area (Å²) in [6.45, 7) is 0. The van der Waals surface area contributed by atoms with Crippen molar-refractivity contribution >= 4 is 5.78 Å². The maximum absolute atomic E-state index is 14.3. The summed E-state index contributed by atoms with van der Waals surface area (Å²) in [6, 6.07) is 15.1. The SMILES string of the molecule is COc1cc(CC2(Cc3cc(OC)cc(OC)c3)Cc3cc(OC)cc(OC)c3C2=O)cc(OC)c1. The second-order valence-electron chi connectivity index (χ2n) is 8.95. The number of ether oxygens (including phenoxy) is 6. The molecule has 0 saturated carbocycles. The van der Waals surface area contributed by atoms with E-state index >= 15 is 0 Å². The Hall–Kier alpha value is -3.87. The van der Waals surface area contributed by atoms with Crippen molar-refractivity contribution in [2.45, 2.75) is 19.3 Å². The number of benzene rings is 3. The number of rotatable bonds is 10. The van der Waals surface area contributed by atoms with Gasteiger partial charge in [-0.25, -0.2) is 0 Å². The Morgan fingerprint density at radius 2 is 1.00 bits per heavy atom. The van der Waals surface area contributed by atoms with Crippen LogP contribution in [0.1, 0.15) is 27.0 Å². The molecule has 0 heterocycles. The Labute approximate surface area is 211 Å². The quantitative estimate of drug-likeness (QED) is 0.397. The fourth-order valence-corrected chi connectivity index (χ4v) is 5.10. The fraction of sp³-hybridized carbons (Fsp3) is 0.345. The van der Waals surface area contributed by atoms with Crippen LogP contribution in [-0.2, 0) is 19.3 Å². The van der Waals surface area contributed by atoms with Crippen molar-refractivity contribution < 1.29 is 33.2 Å². The summed E-state index contributed by atoms with van der Waals surface area (Å²) < 4.78 is 33.1. The normalized spacial score (nSPS) is 13.7. The number of ketones is 1. The van der Waals surface area contributed by atoms with Gasteiger partial charge in [-0.05, 0) is 66.3 Å². The zero-order valence-corrected chi connectivity index (χ0v) is 21.6. The van der Waals surface area contributed by atoms with Crippen molar-refractivity contribution in [3.63, 3.8) is 0 Å². The van der Waals surface area contributed by atoms with Gasteiger partial charge >= 0.3 is 0 Å². The van der Waals surface area contributed by atoms with Gasteiger partial charge in [0.25, 0.3) is 0 Å². The fourth-order valence-electron chi connectivity index (χ4n) is 5.10. The Balaban J connectivity index is 1.85. The van der Waals surface area contributed by atoms with Gasteiger partial charge in [0, 0.05) is 23.6 Å². The lowest BCUT2D eigenvalue weighted by Crippen LogP contribution is -2.33. The highest BCUT2D eigenvalue weighted by atomic mass is 16.5. The van der Waals surface area contributed by atoms with E-state index in [9.17, 15) is 4.79 Å². The van der Waals surface area contributed by atoms with Gasteiger partial charge < -0.3 is 28.4 Å². The molecule has 1 aliphatic rings. The molecule has 0 saturated heterocycles. The molecule has 0 aromatic heterocycles. The standard InChI is InChI=1S/C29H32O7/c1-31-21-7-18(8-22(12-21)32-2)15-29(16-19-9-23(33-3)13-24(10-19)34-4)17-20-11-25(35-5)14-26(36-6)27(20)28(29)30/h7-14H,15-17H2,1-6H3. The second-order valence-corrected chi connectivity index (χ2v) is 8.95. The molecule has 0 amide bonds. The van der Waals surface area contributed by atoms with Crippen LogP contribution in [0, 0.1) is 5.41 Å². The van der Waals surface area contributed by atoms with Crippen molar-refractivity contribution in [3.8, 4) is 34.5 Å². The maximum Gasteiger partial charge on any atom is 0.174 e. The van der Waals surface area contributed by atoms with E-state index in [2.05, 4.69) is 0 Å². The molecular weight excluding hydrogens is 460 g/mol. The number of fused-ring (bicyclic) bond motifs is 1. The number of carbonyl (C=O) groups is 1. The van der Waals surface area contributed by atoms with Crippen molar-refractivity contribution in [1.82, 2.24) is 0 Å². The first-order valence-corrected chi connectivity index (χ1v) is 11.6. The van der Waals surface area contributed by atoms with Crippen molar-refractivity contribution in [1.29, 1.82) is 0 Å². The lowest BCUT2D eigenvalue weighted by Gasteiger charge is -2.29. The molecule has 0 radical (unpaired) electrons. The van der Waals surface area contributed by atoms with Gasteiger partial charge in [0.2, 0.25) is 0 Å². The maximum atomic E-state index is 14.3. The van der Waals surface area contributed by atoms with E-state index in [1.165, 1.54) is 0 Å². The third kappa shape index (κ3) is 4.78. The molecule has 3 aromatic carbocycles. The minimum atomic E-state index is -0.781. The van der Waals surface area contributed by atoms with Gasteiger partial charge in [-0.15, -0.1) is 0 Å². The Kier molecular flexibility index (Phi) is 7.29. The molecule has 0 atom stereocenters. The van der Waals surface area contributed by atoms with Crippen molar-refractivity contribution in [3.05, 3.63) is 70.8 Å². The largest absolute Gasteiger partial charge is 0.497 e. The van der Waals surface area contributed by atoms with Gasteiger partial charge in [-0.1, -0.05) is 0 Å². The number of Topliss-reactive ketones (excluding diaryl/α,β-unsaturated/α-hetero) is 1. The van der Waals surface area contributed by atoms with Crippen molar-refractivity contribution in [2.75, 3.05) is 42.7 Å². The van der Waals surface area contributed by atoms with E-state index in [-0.39, 0.29) is 5.78 Å². The van der Waals surface area contributed by atoms with Gasteiger partial charge in [-0.2, -0.15) is 0 Å². The Morgan fingerprint density at radius 3 is 1.39 bits per heavy atom. The molecule has 3 aromatic rings. The van der Waals surface area contributed by atoms with Gasteiger partial charge in [-0.3, -0.25) is 4.79 Å². The smallest absolute Gasteiger partial charge is 0.174 e. The molecule has 7 heteroatoms. The van der Waals surface area contributed by atoms with E-state index in [1.807, 2.05) is 42.5 Å². The monoisotopic (exact) mass is 492 g/mol. The number of hydrogen-bond acceptors (Lipinski definition) is 7. The highest BCUT2D eigenvalue weighted by Gasteiger charge is 2.47.